The summed E-state index contributed by atoms with van der Waals surface area (Å²) in [7, 11) is -3.61. The number of carbonyl (C=O) groups is 1. The first-order chi connectivity index (χ1) is 11.8. The molecule has 1 unspecified atom stereocenters. The average molecular weight is 379 g/mol. The highest BCUT2D eigenvalue weighted by Crippen LogP contribution is 2.37. The molecular weight excluding hydrogens is 360 g/mol. The summed E-state index contributed by atoms with van der Waals surface area (Å²) >= 11 is 5.97. The highest BCUT2D eigenvalue weighted by Gasteiger charge is 2.35. The predicted octanol–water partition coefficient (Wildman–Crippen LogP) is 3.43. The molecule has 7 heteroatoms. The van der Waals surface area contributed by atoms with E-state index < -0.39 is 10.0 Å². The summed E-state index contributed by atoms with van der Waals surface area (Å²) in [6, 6.07) is 13.7. The molecule has 3 rings (SSSR count). The van der Waals surface area contributed by atoms with Crippen molar-refractivity contribution < 1.29 is 13.2 Å². The number of halogens is 1. The molecule has 1 heterocycles. The van der Waals surface area contributed by atoms with Crippen LogP contribution in [0.5, 0.6) is 0 Å². The number of hydrogen-bond acceptors (Lipinski definition) is 3. The first-order valence-corrected chi connectivity index (χ1v) is 9.92. The lowest BCUT2D eigenvalue weighted by molar-refractivity contribution is -0.117. The first-order valence-electron chi connectivity index (χ1n) is 7.93. The maximum atomic E-state index is 13.0. The fraction of sp³-hybridized carbons (Fsp3) is 0.278. The Bertz CT molecular complexity index is 914. The van der Waals surface area contributed by atoms with E-state index in [1.54, 1.807) is 53.4 Å². The third-order valence-electron chi connectivity index (χ3n) is 4.19. The highest BCUT2D eigenvalue weighted by molar-refractivity contribution is 7.92. The monoisotopic (exact) mass is 378 g/mol. The van der Waals surface area contributed by atoms with E-state index in [-0.39, 0.29) is 24.2 Å². The van der Waals surface area contributed by atoms with Gasteiger partial charge in [0.1, 0.15) is 0 Å². The van der Waals surface area contributed by atoms with Crippen LogP contribution in [-0.2, 0) is 20.6 Å². The van der Waals surface area contributed by atoms with Gasteiger partial charge in [-0.25, -0.2) is 8.42 Å². The molecule has 0 saturated heterocycles. The Kier molecular flexibility index (Phi) is 4.75. The van der Waals surface area contributed by atoms with Crippen LogP contribution in [0.3, 0.4) is 0 Å². The molecule has 1 atom stereocenters. The van der Waals surface area contributed by atoms with E-state index in [2.05, 4.69) is 0 Å². The average Bonchev–Trinajstić information content (AvgIpc) is 2.53. The van der Waals surface area contributed by atoms with Crippen LogP contribution >= 0.6 is 11.6 Å². The Balaban J connectivity index is 2.01. The quantitative estimate of drug-likeness (QED) is 0.822. The molecule has 2 aromatic carbocycles. The Morgan fingerprint density at radius 3 is 2.48 bits per heavy atom. The number of amides is 1. The van der Waals surface area contributed by atoms with Crippen molar-refractivity contribution in [1.29, 1.82) is 0 Å². The van der Waals surface area contributed by atoms with Crippen molar-refractivity contribution in [3.05, 3.63) is 59.1 Å². The minimum absolute atomic E-state index is 0.105. The van der Waals surface area contributed by atoms with Crippen molar-refractivity contribution >= 4 is 38.9 Å². The molecule has 0 fully saturated rings. The van der Waals surface area contributed by atoms with Crippen LogP contribution in [0.25, 0.3) is 0 Å². The smallest absolute Gasteiger partial charge is 0.239 e. The third kappa shape index (κ3) is 3.50. The standard InChI is InChI=1S/C18H19ClN2O3S/c1-13-11-20(17-8-3-4-9-18(17)21(13)14(2)22)25(23,24)12-15-6-5-7-16(19)10-15/h3-10,13H,11-12H2,1-2H3. The van der Waals surface area contributed by atoms with Gasteiger partial charge < -0.3 is 4.90 Å². The number of para-hydroxylation sites is 2. The van der Waals surface area contributed by atoms with Crippen molar-refractivity contribution in [2.45, 2.75) is 25.6 Å². The van der Waals surface area contributed by atoms with E-state index in [0.717, 1.165) is 0 Å². The Morgan fingerprint density at radius 2 is 1.84 bits per heavy atom. The van der Waals surface area contributed by atoms with Crippen LogP contribution in [0.1, 0.15) is 19.4 Å². The number of nitrogens with zero attached hydrogens (tertiary/aromatic N) is 2. The number of fused-ring (bicyclic) bond motifs is 1. The molecule has 0 spiro atoms. The van der Waals surface area contributed by atoms with Gasteiger partial charge in [-0.1, -0.05) is 35.9 Å². The van der Waals surface area contributed by atoms with Crippen LogP contribution in [0, 0.1) is 0 Å². The molecule has 0 radical (unpaired) electrons. The number of hydrogen-bond donors (Lipinski definition) is 0. The lowest BCUT2D eigenvalue weighted by Crippen LogP contribution is -2.51. The number of anilines is 2. The van der Waals surface area contributed by atoms with Gasteiger partial charge in [0.15, 0.2) is 0 Å². The molecule has 1 aliphatic heterocycles. The molecule has 132 valence electrons. The van der Waals surface area contributed by atoms with Gasteiger partial charge in [-0.3, -0.25) is 9.10 Å². The van der Waals surface area contributed by atoms with Crippen LogP contribution < -0.4 is 9.21 Å². The summed E-state index contributed by atoms with van der Waals surface area (Å²) in [4.78, 5) is 13.6. The van der Waals surface area contributed by atoms with Gasteiger partial charge in [0.25, 0.3) is 0 Å². The lowest BCUT2D eigenvalue weighted by atomic mass is 10.1. The number of rotatable bonds is 3. The van der Waals surface area contributed by atoms with Gasteiger partial charge in [0.2, 0.25) is 15.9 Å². The molecule has 1 aliphatic rings. The summed E-state index contributed by atoms with van der Waals surface area (Å²) in [5.74, 6) is -0.249. The van der Waals surface area contributed by atoms with Crippen molar-refractivity contribution in [3.63, 3.8) is 0 Å². The summed E-state index contributed by atoms with van der Waals surface area (Å²) in [6.07, 6.45) is 0. The van der Waals surface area contributed by atoms with Crippen molar-refractivity contribution in [1.82, 2.24) is 0 Å². The van der Waals surface area contributed by atoms with Crippen molar-refractivity contribution in [2.24, 2.45) is 0 Å². The second-order valence-corrected chi connectivity index (χ2v) is 8.47. The van der Waals surface area contributed by atoms with Crippen molar-refractivity contribution in [3.8, 4) is 0 Å². The lowest BCUT2D eigenvalue weighted by Gasteiger charge is -2.41. The predicted molar refractivity (Wildman–Crippen MR) is 100 cm³/mol. The second kappa shape index (κ2) is 6.69. The zero-order valence-corrected chi connectivity index (χ0v) is 15.6. The van der Waals surface area contributed by atoms with E-state index in [0.29, 0.717) is 22.0 Å². The molecule has 0 N–H and O–H groups in total. The van der Waals surface area contributed by atoms with E-state index >= 15 is 0 Å². The zero-order valence-electron chi connectivity index (χ0n) is 14.0. The molecule has 0 saturated carbocycles. The SMILES string of the molecule is CC(=O)N1c2ccccc2N(S(=O)(=O)Cc2cccc(Cl)c2)CC1C. The fourth-order valence-electron chi connectivity index (χ4n) is 3.19. The van der Waals surface area contributed by atoms with E-state index in [1.165, 1.54) is 11.2 Å². The van der Waals surface area contributed by atoms with Gasteiger partial charge in [0, 0.05) is 11.9 Å². The molecule has 5 nitrogen and oxygen atoms in total. The van der Waals surface area contributed by atoms with Crippen LogP contribution in [-0.4, -0.2) is 26.9 Å². The maximum absolute atomic E-state index is 13.0. The van der Waals surface area contributed by atoms with Crippen LogP contribution in [0.2, 0.25) is 5.02 Å². The minimum atomic E-state index is -3.61. The first kappa shape index (κ1) is 17.8. The minimum Gasteiger partial charge on any atom is -0.306 e. The third-order valence-corrected chi connectivity index (χ3v) is 6.14. The molecule has 25 heavy (non-hydrogen) atoms. The second-order valence-electron chi connectivity index (χ2n) is 6.14. The summed E-state index contributed by atoms with van der Waals surface area (Å²) in [6.45, 7) is 3.56. The van der Waals surface area contributed by atoms with E-state index in [1.807, 2.05) is 6.92 Å². The zero-order chi connectivity index (χ0) is 18.2. The normalized spacial score (nSPS) is 17.3. The molecule has 0 bridgehead atoms. The summed E-state index contributed by atoms with van der Waals surface area (Å²) in [5, 5.41) is 0.503. The van der Waals surface area contributed by atoms with Gasteiger partial charge in [-0.15, -0.1) is 0 Å². The van der Waals surface area contributed by atoms with Crippen LogP contribution in [0.4, 0.5) is 11.4 Å². The van der Waals surface area contributed by atoms with Gasteiger partial charge in [-0.05, 0) is 36.8 Å². The van der Waals surface area contributed by atoms with Crippen LogP contribution in [0.15, 0.2) is 48.5 Å². The summed E-state index contributed by atoms with van der Waals surface area (Å²) < 4.78 is 27.5. The molecule has 0 aromatic heterocycles. The molecule has 1 amide bonds. The number of sulfonamides is 1. The fourth-order valence-corrected chi connectivity index (χ4v) is 5.06. The maximum Gasteiger partial charge on any atom is 0.239 e. The topological polar surface area (TPSA) is 57.7 Å². The Hall–Kier alpha value is -2.05. The highest BCUT2D eigenvalue weighted by atomic mass is 35.5. The molecule has 0 aliphatic carbocycles. The Labute approximate surface area is 152 Å². The van der Waals surface area contributed by atoms with Gasteiger partial charge in [0.05, 0.1) is 29.7 Å². The van der Waals surface area contributed by atoms with Crippen molar-refractivity contribution in [2.75, 3.05) is 15.7 Å². The van der Waals surface area contributed by atoms with Gasteiger partial charge >= 0.3 is 0 Å². The van der Waals surface area contributed by atoms with E-state index in [9.17, 15) is 13.2 Å². The van der Waals surface area contributed by atoms with E-state index in [4.69, 9.17) is 11.6 Å². The number of carbonyl (C=O) groups excluding carboxylic acids is 1. The largest absolute Gasteiger partial charge is 0.306 e. The molecule has 2 aromatic rings. The Morgan fingerprint density at radius 1 is 1.16 bits per heavy atom. The molecular formula is C18H19ClN2O3S. The summed E-state index contributed by atoms with van der Waals surface area (Å²) in [5.41, 5.74) is 1.77. The number of benzene rings is 2. The van der Waals surface area contributed by atoms with Gasteiger partial charge in [-0.2, -0.15) is 0 Å².